The van der Waals surface area contributed by atoms with Gasteiger partial charge >= 0.3 is 0 Å². The maximum atomic E-state index is 11.0. The van der Waals surface area contributed by atoms with Gasteiger partial charge in [-0.05, 0) is 28.4 Å². The summed E-state index contributed by atoms with van der Waals surface area (Å²) in [5.41, 5.74) is 1.87. The number of nitrogens with one attached hydrogen (secondary N) is 1. The average molecular weight is 253 g/mol. The van der Waals surface area contributed by atoms with Crippen LogP contribution in [-0.4, -0.2) is 10.8 Å². The number of aromatic nitrogens is 1. The Balaban J connectivity index is 2.11. The van der Waals surface area contributed by atoms with Crippen LogP contribution in [0.5, 0.6) is 0 Å². The molecule has 0 atom stereocenters. The Hall–Kier alpha value is -1.16. The third-order valence-electron chi connectivity index (χ3n) is 1.99. The number of pyridine rings is 1. The Labute approximate surface area is 90.4 Å². The van der Waals surface area contributed by atoms with Crippen molar-refractivity contribution < 1.29 is 4.79 Å². The van der Waals surface area contributed by atoms with Gasteiger partial charge in [0.2, 0.25) is 0 Å². The second-order valence-corrected chi connectivity index (χ2v) is 4.07. The fraction of sp³-hybridized carbons (Fsp3) is 0.200. The van der Waals surface area contributed by atoms with Gasteiger partial charge in [0.05, 0.1) is 11.9 Å². The summed E-state index contributed by atoms with van der Waals surface area (Å²) in [6.07, 6.45) is 6.52. The summed E-state index contributed by atoms with van der Waals surface area (Å²) in [6.45, 7) is 0. The standard InChI is InChI=1S/C10H9BrN2O/c11-7-3-9(6-12-5-7)13-8-1-2-10(14)4-8/h3-6,13H,1-2H2. The van der Waals surface area contributed by atoms with E-state index in [4.69, 9.17) is 0 Å². The fourth-order valence-electron chi connectivity index (χ4n) is 1.36. The zero-order chi connectivity index (χ0) is 9.97. The van der Waals surface area contributed by atoms with Gasteiger partial charge in [0, 0.05) is 28.9 Å². The zero-order valence-corrected chi connectivity index (χ0v) is 9.04. The van der Waals surface area contributed by atoms with Crippen molar-refractivity contribution in [1.82, 2.24) is 4.98 Å². The second kappa shape index (κ2) is 3.92. The summed E-state index contributed by atoms with van der Waals surface area (Å²) < 4.78 is 0.924. The zero-order valence-electron chi connectivity index (χ0n) is 7.46. The fourth-order valence-corrected chi connectivity index (χ4v) is 1.73. The van der Waals surface area contributed by atoms with Crippen molar-refractivity contribution in [1.29, 1.82) is 0 Å². The molecule has 2 rings (SSSR count). The summed E-state index contributed by atoms with van der Waals surface area (Å²) >= 11 is 3.33. The van der Waals surface area contributed by atoms with E-state index in [2.05, 4.69) is 26.2 Å². The summed E-state index contributed by atoms with van der Waals surface area (Å²) in [7, 11) is 0. The molecule has 0 bridgehead atoms. The van der Waals surface area contributed by atoms with Gasteiger partial charge in [0.1, 0.15) is 0 Å². The maximum Gasteiger partial charge on any atom is 0.157 e. The lowest BCUT2D eigenvalue weighted by atomic mass is 10.3. The van der Waals surface area contributed by atoms with Gasteiger partial charge in [-0.25, -0.2) is 0 Å². The first-order valence-electron chi connectivity index (χ1n) is 4.35. The lowest BCUT2D eigenvalue weighted by Crippen LogP contribution is -1.96. The van der Waals surface area contributed by atoms with Crippen LogP contribution in [-0.2, 0) is 4.79 Å². The Morgan fingerprint density at radius 1 is 1.36 bits per heavy atom. The van der Waals surface area contributed by atoms with E-state index in [-0.39, 0.29) is 5.78 Å². The van der Waals surface area contributed by atoms with Crippen LogP contribution in [0.3, 0.4) is 0 Å². The molecule has 0 amide bonds. The Morgan fingerprint density at radius 3 is 2.86 bits per heavy atom. The molecule has 1 aromatic heterocycles. The number of carbonyl (C=O) groups is 1. The highest BCUT2D eigenvalue weighted by atomic mass is 79.9. The van der Waals surface area contributed by atoms with E-state index in [1.807, 2.05) is 6.07 Å². The van der Waals surface area contributed by atoms with E-state index in [1.165, 1.54) is 0 Å². The lowest BCUT2D eigenvalue weighted by molar-refractivity contribution is -0.114. The number of halogens is 1. The minimum atomic E-state index is 0.190. The molecule has 0 unspecified atom stereocenters. The van der Waals surface area contributed by atoms with Gasteiger partial charge in [-0.1, -0.05) is 0 Å². The van der Waals surface area contributed by atoms with Crippen molar-refractivity contribution in [2.75, 3.05) is 5.32 Å². The summed E-state index contributed by atoms with van der Waals surface area (Å²) in [5.74, 6) is 0.190. The quantitative estimate of drug-likeness (QED) is 0.880. The van der Waals surface area contributed by atoms with Crippen molar-refractivity contribution in [3.63, 3.8) is 0 Å². The van der Waals surface area contributed by atoms with E-state index in [9.17, 15) is 4.79 Å². The Bertz CT molecular complexity index is 401. The van der Waals surface area contributed by atoms with E-state index in [1.54, 1.807) is 18.5 Å². The molecule has 1 aliphatic carbocycles. The summed E-state index contributed by atoms with van der Waals surface area (Å²) in [5, 5.41) is 3.16. The molecule has 0 fully saturated rings. The van der Waals surface area contributed by atoms with Crippen molar-refractivity contribution in [2.24, 2.45) is 0 Å². The number of ketones is 1. The monoisotopic (exact) mass is 252 g/mol. The van der Waals surface area contributed by atoms with Crippen molar-refractivity contribution in [2.45, 2.75) is 12.8 Å². The van der Waals surface area contributed by atoms with E-state index >= 15 is 0 Å². The molecule has 1 aliphatic rings. The highest BCUT2D eigenvalue weighted by molar-refractivity contribution is 9.10. The molecule has 0 spiro atoms. The number of nitrogens with zero attached hydrogens (tertiary/aromatic N) is 1. The number of rotatable bonds is 2. The van der Waals surface area contributed by atoms with Gasteiger partial charge in [-0.3, -0.25) is 9.78 Å². The molecule has 0 aromatic carbocycles. The molecule has 0 aliphatic heterocycles. The number of hydrogen-bond donors (Lipinski definition) is 1. The number of hydrogen-bond acceptors (Lipinski definition) is 3. The van der Waals surface area contributed by atoms with Crippen LogP contribution in [0.4, 0.5) is 5.69 Å². The molecule has 72 valence electrons. The van der Waals surface area contributed by atoms with Gasteiger partial charge in [0.25, 0.3) is 0 Å². The number of allylic oxidation sites excluding steroid dienone is 2. The minimum absolute atomic E-state index is 0.190. The van der Waals surface area contributed by atoms with Crippen molar-refractivity contribution in [3.05, 3.63) is 34.7 Å². The minimum Gasteiger partial charge on any atom is -0.357 e. The van der Waals surface area contributed by atoms with Crippen molar-refractivity contribution in [3.8, 4) is 0 Å². The van der Waals surface area contributed by atoms with Gasteiger partial charge < -0.3 is 5.32 Å². The molecular formula is C10H9BrN2O. The van der Waals surface area contributed by atoms with Crippen LogP contribution in [0.25, 0.3) is 0 Å². The van der Waals surface area contributed by atoms with Crippen LogP contribution in [0.1, 0.15) is 12.8 Å². The highest BCUT2D eigenvalue weighted by Crippen LogP contribution is 2.20. The third kappa shape index (κ3) is 2.20. The van der Waals surface area contributed by atoms with Crippen LogP contribution < -0.4 is 5.32 Å². The van der Waals surface area contributed by atoms with Crippen LogP contribution in [0.15, 0.2) is 34.7 Å². The van der Waals surface area contributed by atoms with E-state index in [0.717, 1.165) is 22.3 Å². The molecule has 14 heavy (non-hydrogen) atoms. The molecule has 4 heteroatoms. The first-order valence-corrected chi connectivity index (χ1v) is 5.14. The molecule has 0 saturated carbocycles. The Kier molecular flexibility index (Phi) is 2.63. The smallest absolute Gasteiger partial charge is 0.157 e. The third-order valence-corrected chi connectivity index (χ3v) is 2.42. The van der Waals surface area contributed by atoms with Crippen molar-refractivity contribution >= 4 is 27.4 Å². The molecule has 1 N–H and O–H groups in total. The SMILES string of the molecule is O=C1C=C(Nc2cncc(Br)c2)CC1. The summed E-state index contributed by atoms with van der Waals surface area (Å²) in [6, 6.07) is 1.93. The van der Waals surface area contributed by atoms with Crippen LogP contribution >= 0.6 is 15.9 Å². The predicted octanol–water partition coefficient (Wildman–Crippen LogP) is 2.50. The van der Waals surface area contributed by atoms with Crippen LogP contribution in [0, 0.1) is 0 Å². The maximum absolute atomic E-state index is 11.0. The highest BCUT2D eigenvalue weighted by Gasteiger charge is 2.11. The molecule has 3 nitrogen and oxygen atoms in total. The van der Waals surface area contributed by atoms with Gasteiger partial charge in [-0.2, -0.15) is 0 Å². The average Bonchev–Trinajstić information content (AvgIpc) is 2.51. The summed E-state index contributed by atoms with van der Waals surface area (Å²) in [4.78, 5) is 15.0. The van der Waals surface area contributed by atoms with E-state index < -0.39 is 0 Å². The largest absolute Gasteiger partial charge is 0.357 e. The lowest BCUT2D eigenvalue weighted by Gasteiger charge is -2.05. The number of carbonyl (C=O) groups excluding carboxylic acids is 1. The first kappa shape index (κ1) is 9.40. The topological polar surface area (TPSA) is 42.0 Å². The normalized spacial score (nSPS) is 15.5. The molecule has 0 radical (unpaired) electrons. The molecule has 1 heterocycles. The number of anilines is 1. The van der Waals surface area contributed by atoms with Gasteiger partial charge in [0.15, 0.2) is 5.78 Å². The predicted molar refractivity (Wildman–Crippen MR) is 57.9 cm³/mol. The first-order chi connectivity index (χ1) is 6.74. The molecule has 1 aromatic rings. The molecule has 0 saturated heterocycles. The van der Waals surface area contributed by atoms with Gasteiger partial charge in [-0.15, -0.1) is 0 Å². The van der Waals surface area contributed by atoms with Crippen LogP contribution in [0.2, 0.25) is 0 Å². The molecular weight excluding hydrogens is 244 g/mol. The Morgan fingerprint density at radius 2 is 2.21 bits per heavy atom. The second-order valence-electron chi connectivity index (χ2n) is 3.15. The van der Waals surface area contributed by atoms with E-state index in [0.29, 0.717) is 6.42 Å².